The molecule has 0 radical (unpaired) electrons. The number of halogens is 2. The molecule has 0 atom stereocenters. The molecule has 1 N–H and O–H groups in total. The Morgan fingerprint density at radius 3 is 3.08 bits per heavy atom. The SMILES string of the molecule is ClCc1cc(Br)cc2[nH]cnc12. The highest BCUT2D eigenvalue weighted by molar-refractivity contribution is 9.10. The fourth-order valence-electron chi connectivity index (χ4n) is 1.19. The van der Waals surface area contributed by atoms with Gasteiger partial charge in [0.1, 0.15) is 0 Å². The van der Waals surface area contributed by atoms with Gasteiger partial charge in [-0.3, -0.25) is 0 Å². The molecule has 0 saturated heterocycles. The van der Waals surface area contributed by atoms with Gasteiger partial charge in [-0.15, -0.1) is 11.6 Å². The number of alkyl halides is 1. The second kappa shape index (κ2) is 3.07. The highest BCUT2D eigenvalue weighted by Gasteiger charge is 2.03. The first kappa shape index (κ1) is 8.08. The number of hydrogen-bond acceptors (Lipinski definition) is 1. The van der Waals surface area contributed by atoms with Crippen molar-refractivity contribution in [3.63, 3.8) is 0 Å². The average molecular weight is 246 g/mol. The molecular weight excluding hydrogens is 239 g/mol. The number of benzene rings is 1. The third kappa shape index (κ3) is 1.23. The summed E-state index contributed by atoms with van der Waals surface area (Å²) >= 11 is 9.16. The van der Waals surface area contributed by atoms with Gasteiger partial charge in [-0.25, -0.2) is 4.98 Å². The summed E-state index contributed by atoms with van der Waals surface area (Å²) in [6, 6.07) is 3.97. The lowest BCUT2D eigenvalue weighted by atomic mass is 10.2. The van der Waals surface area contributed by atoms with Gasteiger partial charge in [0.25, 0.3) is 0 Å². The molecule has 1 aromatic heterocycles. The van der Waals surface area contributed by atoms with Gasteiger partial charge in [0.2, 0.25) is 0 Å². The minimum absolute atomic E-state index is 0.487. The summed E-state index contributed by atoms with van der Waals surface area (Å²) in [5.41, 5.74) is 3.01. The number of nitrogens with zero attached hydrogens (tertiary/aromatic N) is 1. The van der Waals surface area contributed by atoms with E-state index in [0.29, 0.717) is 5.88 Å². The van der Waals surface area contributed by atoms with Gasteiger partial charge in [-0.05, 0) is 17.7 Å². The Balaban J connectivity index is 2.80. The van der Waals surface area contributed by atoms with Crippen LogP contribution in [0, 0.1) is 0 Å². The predicted octanol–water partition coefficient (Wildman–Crippen LogP) is 3.06. The first-order chi connectivity index (χ1) is 5.81. The molecule has 0 aliphatic heterocycles. The van der Waals surface area contributed by atoms with Crippen molar-refractivity contribution in [2.45, 2.75) is 5.88 Å². The van der Waals surface area contributed by atoms with Crippen molar-refractivity contribution in [1.29, 1.82) is 0 Å². The summed E-state index contributed by atoms with van der Waals surface area (Å²) in [7, 11) is 0. The molecule has 12 heavy (non-hydrogen) atoms. The molecule has 0 aliphatic carbocycles. The van der Waals surface area contributed by atoms with E-state index in [4.69, 9.17) is 11.6 Å². The summed E-state index contributed by atoms with van der Waals surface area (Å²) < 4.78 is 1.02. The summed E-state index contributed by atoms with van der Waals surface area (Å²) in [6.07, 6.45) is 1.67. The van der Waals surface area contributed by atoms with Crippen molar-refractivity contribution >= 4 is 38.6 Å². The number of imidazole rings is 1. The van der Waals surface area contributed by atoms with Gasteiger partial charge in [0.05, 0.1) is 17.4 Å². The Morgan fingerprint density at radius 1 is 1.50 bits per heavy atom. The second-order valence-corrected chi connectivity index (χ2v) is 3.68. The minimum atomic E-state index is 0.487. The number of hydrogen-bond donors (Lipinski definition) is 1. The summed E-state index contributed by atoms with van der Waals surface area (Å²) in [6.45, 7) is 0. The van der Waals surface area contributed by atoms with Crippen molar-refractivity contribution in [2.75, 3.05) is 0 Å². The quantitative estimate of drug-likeness (QED) is 0.769. The van der Waals surface area contributed by atoms with Crippen LogP contribution in [-0.2, 0) is 5.88 Å². The molecule has 0 spiro atoms. The summed E-state index contributed by atoms with van der Waals surface area (Å²) in [5.74, 6) is 0.487. The molecule has 0 fully saturated rings. The average Bonchev–Trinajstić information content (AvgIpc) is 2.50. The fourth-order valence-corrected chi connectivity index (χ4v) is 1.90. The van der Waals surface area contributed by atoms with E-state index in [1.807, 2.05) is 12.1 Å². The van der Waals surface area contributed by atoms with Crippen LogP contribution in [0.15, 0.2) is 22.9 Å². The van der Waals surface area contributed by atoms with E-state index in [1.165, 1.54) is 0 Å². The zero-order valence-corrected chi connectivity index (χ0v) is 8.48. The Kier molecular flexibility index (Phi) is 2.07. The zero-order valence-electron chi connectivity index (χ0n) is 6.14. The third-order valence-corrected chi connectivity index (χ3v) is 2.46. The number of H-pyrrole nitrogens is 1. The lowest BCUT2D eigenvalue weighted by Gasteiger charge is -1.97. The Morgan fingerprint density at radius 2 is 2.33 bits per heavy atom. The number of aromatic amines is 1. The monoisotopic (exact) mass is 244 g/mol. The number of aromatic nitrogens is 2. The van der Waals surface area contributed by atoms with Crippen LogP contribution >= 0.6 is 27.5 Å². The van der Waals surface area contributed by atoms with Crippen molar-refractivity contribution < 1.29 is 0 Å². The van der Waals surface area contributed by atoms with E-state index in [2.05, 4.69) is 25.9 Å². The number of nitrogens with one attached hydrogen (secondary N) is 1. The van der Waals surface area contributed by atoms with Crippen molar-refractivity contribution in [3.8, 4) is 0 Å². The van der Waals surface area contributed by atoms with Crippen LogP contribution in [0.1, 0.15) is 5.56 Å². The fraction of sp³-hybridized carbons (Fsp3) is 0.125. The highest BCUT2D eigenvalue weighted by atomic mass is 79.9. The van der Waals surface area contributed by atoms with Crippen molar-refractivity contribution in [2.24, 2.45) is 0 Å². The molecule has 2 rings (SSSR count). The molecule has 62 valence electrons. The van der Waals surface area contributed by atoms with E-state index >= 15 is 0 Å². The maximum absolute atomic E-state index is 5.76. The molecular formula is C8H6BrClN2. The van der Waals surface area contributed by atoms with Gasteiger partial charge in [0.15, 0.2) is 0 Å². The summed E-state index contributed by atoms with van der Waals surface area (Å²) in [5, 5.41) is 0. The van der Waals surface area contributed by atoms with Crippen molar-refractivity contribution in [1.82, 2.24) is 9.97 Å². The molecule has 4 heteroatoms. The summed E-state index contributed by atoms with van der Waals surface area (Å²) in [4.78, 5) is 7.21. The minimum Gasteiger partial charge on any atom is -0.345 e. The maximum Gasteiger partial charge on any atom is 0.0932 e. The van der Waals surface area contributed by atoms with Gasteiger partial charge in [0, 0.05) is 10.4 Å². The van der Waals surface area contributed by atoms with E-state index in [0.717, 1.165) is 21.1 Å². The maximum atomic E-state index is 5.76. The second-order valence-electron chi connectivity index (χ2n) is 2.50. The number of rotatable bonds is 1. The highest BCUT2D eigenvalue weighted by Crippen LogP contribution is 2.22. The Hall–Kier alpha value is -0.540. The van der Waals surface area contributed by atoms with E-state index in [9.17, 15) is 0 Å². The van der Waals surface area contributed by atoms with Crippen LogP contribution in [0.25, 0.3) is 11.0 Å². The standard InChI is InChI=1S/C8H6BrClN2/c9-6-1-5(3-10)8-7(2-6)11-4-12-8/h1-2,4H,3H2,(H,11,12). The largest absolute Gasteiger partial charge is 0.345 e. The normalized spacial score (nSPS) is 10.8. The lowest BCUT2D eigenvalue weighted by molar-refractivity contribution is 1.33. The number of fused-ring (bicyclic) bond motifs is 1. The molecule has 2 aromatic rings. The molecule has 0 amide bonds. The molecule has 1 heterocycles. The molecule has 1 aromatic carbocycles. The Bertz CT molecular complexity index is 410. The molecule has 0 bridgehead atoms. The van der Waals surface area contributed by atoms with Crippen LogP contribution < -0.4 is 0 Å². The van der Waals surface area contributed by atoms with Crippen LogP contribution in [0.2, 0.25) is 0 Å². The topological polar surface area (TPSA) is 28.7 Å². The predicted molar refractivity (Wildman–Crippen MR) is 53.4 cm³/mol. The lowest BCUT2D eigenvalue weighted by Crippen LogP contribution is -1.81. The van der Waals surface area contributed by atoms with Crippen molar-refractivity contribution in [3.05, 3.63) is 28.5 Å². The van der Waals surface area contributed by atoms with Crippen LogP contribution in [0.3, 0.4) is 0 Å². The third-order valence-electron chi connectivity index (χ3n) is 1.71. The Labute approximate surface area is 83.1 Å². The van der Waals surface area contributed by atoms with E-state index in [1.54, 1.807) is 6.33 Å². The van der Waals surface area contributed by atoms with E-state index in [-0.39, 0.29) is 0 Å². The van der Waals surface area contributed by atoms with Crippen LogP contribution in [0.5, 0.6) is 0 Å². The van der Waals surface area contributed by atoms with E-state index < -0.39 is 0 Å². The van der Waals surface area contributed by atoms with Crippen LogP contribution in [-0.4, -0.2) is 9.97 Å². The van der Waals surface area contributed by atoms with Gasteiger partial charge in [-0.2, -0.15) is 0 Å². The first-order valence-corrected chi connectivity index (χ1v) is 4.81. The van der Waals surface area contributed by atoms with Gasteiger partial charge in [-0.1, -0.05) is 15.9 Å². The molecule has 0 unspecified atom stereocenters. The first-order valence-electron chi connectivity index (χ1n) is 3.48. The smallest absolute Gasteiger partial charge is 0.0932 e. The molecule has 0 saturated carbocycles. The van der Waals surface area contributed by atoms with Gasteiger partial charge >= 0.3 is 0 Å². The zero-order chi connectivity index (χ0) is 8.55. The molecule has 0 aliphatic rings. The van der Waals surface area contributed by atoms with Gasteiger partial charge < -0.3 is 4.98 Å². The van der Waals surface area contributed by atoms with Crippen LogP contribution in [0.4, 0.5) is 0 Å². The molecule has 2 nitrogen and oxygen atoms in total.